The van der Waals surface area contributed by atoms with Crippen molar-refractivity contribution in [3.05, 3.63) is 53.6 Å². The first-order valence-electron chi connectivity index (χ1n) is 9.74. The number of ether oxygens (including phenoxy) is 2. The highest BCUT2D eigenvalue weighted by molar-refractivity contribution is 5.90. The van der Waals surface area contributed by atoms with Gasteiger partial charge in [-0.15, -0.1) is 5.10 Å². The summed E-state index contributed by atoms with van der Waals surface area (Å²) in [6, 6.07) is 13.4. The van der Waals surface area contributed by atoms with Crippen LogP contribution in [0.1, 0.15) is 31.9 Å². The van der Waals surface area contributed by atoms with Gasteiger partial charge in [0.15, 0.2) is 11.5 Å². The van der Waals surface area contributed by atoms with Gasteiger partial charge in [-0.25, -0.2) is 0 Å². The van der Waals surface area contributed by atoms with Crippen molar-refractivity contribution in [3.63, 3.8) is 0 Å². The minimum Gasteiger partial charge on any atom is -0.490 e. The minimum absolute atomic E-state index is 0.0574. The van der Waals surface area contributed by atoms with Crippen molar-refractivity contribution in [2.24, 2.45) is 0 Å². The lowest BCUT2D eigenvalue weighted by Crippen LogP contribution is -2.14. The molecule has 1 N–H and O–H groups in total. The molecule has 7 heteroatoms. The smallest absolute Gasteiger partial charge is 0.322 e. The van der Waals surface area contributed by atoms with E-state index in [1.165, 1.54) is 5.56 Å². The van der Waals surface area contributed by atoms with Gasteiger partial charge in [0.2, 0.25) is 11.8 Å². The molecule has 2 aromatic carbocycles. The third-order valence-electron chi connectivity index (χ3n) is 4.26. The van der Waals surface area contributed by atoms with Crippen LogP contribution in [-0.4, -0.2) is 29.3 Å². The zero-order valence-corrected chi connectivity index (χ0v) is 16.9. The fourth-order valence-electron chi connectivity index (χ4n) is 2.82. The second-order valence-corrected chi connectivity index (χ2v) is 6.33. The Balaban J connectivity index is 1.68. The molecule has 0 unspecified atom stereocenters. The van der Waals surface area contributed by atoms with Gasteiger partial charge in [0.1, 0.15) is 0 Å². The molecule has 1 amide bonds. The summed E-state index contributed by atoms with van der Waals surface area (Å²) in [5.41, 5.74) is 2.84. The highest BCUT2D eigenvalue weighted by Crippen LogP contribution is 2.32. The number of anilines is 1. The molecule has 0 saturated carbocycles. The molecule has 7 nitrogen and oxygen atoms in total. The first-order valence-corrected chi connectivity index (χ1v) is 9.74. The number of amides is 1. The summed E-state index contributed by atoms with van der Waals surface area (Å²) in [5.74, 6) is 1.33. The second kappa shape index (κ2) is 9.73. The Bertz CT molecular complexity index is 951. The Morgan fingerprint density at radius 1 is 0.931 bits per heavy atom. The topological polar surface area (TPSA) is 86.5 Å². The largest absolute Gasteiger partial charge is 0.490 e. The quantitative estimate of drug-likeness (QED) is 0.582. The summed E-state index contributed by atoms with van der Waals surface area (Å²) >= 11 is 0. The van der Waals surface area contributed by atoms with Gasteiger partial charge in [-0.2, -0.15) is 0 Å². The van der Waals surface area contributed by atoms with Gasteiger partial charge in [-0.3, -0.25) is 10.1 Å². The first-order chi connectivity index (χ1) is 14.1. The van der Waals surface area contributed by atoms with Gasteiger partial charge in [-0.1, -0.05) is 36.3 Å². The van der Waals surface area contributed by atoms with Crippen molar-refractivity contribution in [3.8, 4) is 23.0 Å². The maximum absolute atomic E-state index is 12.3. The third kappa shape index (κ3) is 5.34. The zero-order chi connectivity index (χ0) is 20.6. The lowest BCUT2D eigenvalue weighted by Gasteiger charge is -2.11. The van der Waals surface area contributed by atoms with E-state index in [0.29, 0.717) is 30.3 Å². The average Bonchev–Trinajstić information content (AvgIpc) is 3.18. The monoisotopic (exact) mass is 395 g/mol. The van der Waals surface area contributed by atoms with Gasteiger partial charge >= 0.3 is 6.01 Å². The van der Waals surface area contributed by atoms with Crippen LogP contribution in [0.3, 0.4) is 0 Å². The van der Waals surface area contributed by atoms with Crippen LogP contribution < -0.4 is 14.8 Å². The molecule has 0 bridgehead atoms. The number of nitrogens with zero attached hydrogens (tertiary/aromatic N) is 2. The molecule has 3 rings (SSSR count). The predicted octanol–water partition coefficient (Wildman–Crippen LogP) is 4.28. The second-order valence-electron chi connectivity index (χ2n) is 6.33. The Labute approximate surface area is 170 Å². The number of carbonyl (C=O) groups excluding carboxylic acids is 1. The first kappa shape index (κ1) is 20.4. The maximum atomic E-state index is 12.3. The molecule has 0 saturated heterocycles. The van der Waals surface area contributed by atoms with Crippen molar-refractivity contribution in [1.82, 2.24) is 10.2 Å². The summed E-state index contributed by atoms with van der Waals surface area (Å²) in [5, 5.41) is 10.6. The molecule has 0 spiro atoms. The standard InChI is InChI=1S/C22H25N3O4/c1-4-15-7-9-16(10-8-15)13-20(26)23-22-25-24-21(29-22)17-11-12-18(27-5-2)19(14-17)28-6-3/h7-12,14H,4-6,13H2,1-3H3,(H,23,25,26). The van der Waals surface area contributed by atoms with E-state index in [0.717, 1.165) is 12.0 Å². The van der Waals surface area contributed by atoms with E-state index in [1.54, 1.807) is 12.1 Å². The van der Waals surface area contributed by atoms with Crippen molar-refractivity contribution < 1.29 is 18.7 Å². The van der Waals surface area contributed by atoms with Crippen LogP contribution >= 0.6 is 0 Å². The molecular formula is C22H25N3O4. The number of aryl methyl sites for hydroxylation is 1. The van der Waals surface area contributed by atoms with Gasteiger partial charge in [-0.05, 0) is 49.6 Å². The molecule has 29 heavy (non-hydrogen) atoms. The highest BCUT2D eigenvalue weighted by Gasteiger charge is 2.14. The SMILES string of the molecule is CCOc1ccc(-c2nnc(NC(=O)Cc3ccc(CC)cc3)o2)cc1OCC. The van der Waals surface area contributed by atoms with E-state index in [4.69, 9.17) is 13.9 Å². The van der Waals surface area contributed by atoms with Crippen LogP contribution in [0.25, 0.3) is 11.5 Å². The van der Waals surface area contributed by atoms with Crippen LogP contribution in [0.4, 0.5) is 6.01 Å². The van der Waals surface area contributed by atoms with Gasteiger partial charge in [0.25, 0.3) is 0 Å². The minimum atomic E-state index is -0.217. The van der Waals surface area contributed by atoms with Crippen LogP contribution in [-0.2, 0) is 17.6 Å². The van der Waals surface area contributed by atoms with E-state index in [-0.39, 0.29) is 24.2 Å². The molecule has 0 fully saturated rings. The van der Waals surface area contributed by atoms with E-state index in [9.17, 15) is 4.79 Å². The van der Waals surface area contributed by atoms with E-state index >= 15 is 0 Å². The lowest BCUT2D eigenvalue weighted by molar-refractivity contribution is -0.115. The number of hydrogen-bond donors (Lipinski definition) is 1. The summed E-state index contributed by atoms with van der Waals surface area (Å²) in [4.78, 5) is 12.3. The molecule has 3 aromatic rings. The fraction of sp³-hybridized carbons (Fsp3) is 0.318. The third-order valence-corrected chi connectivity index (χ3v) is 4.26. The molecule has 0 atom stereocenters. The molecule has 1 aromatic heterocycles. The van der Waals surface area contributed by atoms with E-state index in [2.05, 4.69) is 22.4 Å². The number of aromatic nitrogens is 2. The maximum Gasteiger partial charge on any atom is 0.322 e. The fourth-order valence-corrected chi connectivity index (χ4v) is 2.82. The molecular weight excluding hydrogens is 370 g/mol. The number of rotatable bonds is 9. The van der Waals surface area contributed by atoms with Crippen LogP contribution in [0.5, 0.6) is 11.5 Å². The number of benzene rings is 2. The van der Waals surface area contributed by atoms with E-state index < -0.39 is 0 Å². The highest BCUT2D eigenvalue weighted by atomic mass is 16.5. The van der Waals surface area contributed by atoms with Crippen molar-refractivity contribution in [2.75, 3.05) is 18.5 Å². The van der Waals surface area contributed by atoms with E-state index in [1.807, 2.05) is 44.2 Å². The molecule has 0 aliphatic heterocycles. The van der Waals surface area contributed by atoms with Crippen molar-refractivity contribution >= 4 is 11.9 Å². The molecule has 0 radical (unpaired) electrons. The molecule has 0 aliphatic rings. The number of nitrogens with one attached hydrogen (secondary N) is 1. The van der Waals surface area contributed by atoms with Gasteiger partial charge in [0.05, 0.1) is 19.6 Å². The molecule has 152 valence electrons. The van der Waals surface area contributed by atoms with Gasteiger partial charge < -0.3 is 13.9 Å². The summed E-state index contributed by atoms with van der Waals surface area (Å²) in [6.45, 7) is 6.95. The Hall–Kier alpha value is -3.35. The number of hydrogen-bond acceptors (Lipinski definition) is 6. The normalized spacial score (nSPS) is 10.6. The lowest BCUT2D eigenvalue weighted by atomic mass is 10.1. The molecule has 0 aliphatic carbocycles. The Morgan fingerprint density at radius 2 is 1.62 bits per heavy atom. The van der Waals surface area contributed by atoms with Crippen LogP contribution in [0, 0.1) is 0 Å². The average molecular weight is 395 g/mol. The summed E-state index contributed by atoms with van der Waals surface area (Å²) < 4.78 is 16.8. The van der Waals surface area contributed by atoms with Crippen molar-refractivity contribution in [1.29, 1.82) is 0 Å². The predicted molar refractivity (Wildman–Crippen MR) is 110 cm³/mol. The summed E-state index contributed by atoms with van der Waals surface area (Å²) in [6.07, 6.45) is 1.20. The van der Waals surface area contributed by atoms with Crippen LogP contribution in [0.15, 0.2) is 46.9 Å². The Kier molecular flexibility index (Phi) is 6.84. The summed E-state index contributed by atoms with van der Waals surface area (Å²) in [7, 11) is 0. The Morgan fingerprint density at radius 3 is 2.31 bits per heavy atom. The number of carbonyl (C=O) groups is 1. The van der Waals surface area contributed by atoms with Crippen LogP contribution in [0.2, 0.25) is 0 Å². The molecule has 1 heterocycles. The van der Waals surface area contributed by atoms with Gasteiger partial charge in [0, 0.05) is 5.56 Å². The van der Waals surface area contributed by atoms with Crippen molar-refractivity contribution in [2.45, 2.75) is 33.6 Å². The zero-order valence-electron chi connectivity index (χ0n) is 16.9.